The lowest BCUT2D eigenvalue weighted by molar-refractivity contribution is 0.482. The predicted octanol–water partition coefficient (Wildman–Crippen LogP) is 4.22. The second-order valence-corrected chi connectivity index (χ2v) is 4.27. The Hall–Kier alpha value is -3.04. The molecule has 2 aromatic rings. The van der Waals surface area contributed by atoms with E-state index in [0.29, 0.717) is 5.75 Å². The largest absolute Gasteiger partial charge is 0.457 e. The average Bonchev–Trinajstić information content (AvgIpc) is 2.47. The van der Waals surface area contributed by atoms with Gasteiger partial charge in [-0.3, -0.25) is 0 Å². The molecule has 96 valence electrons. The fourth-order valence-electron chi connectivity index (χ4n) is 1.67. The first kappa shape index (κ1) is 13.4. The van der Waals surface area contributed by atoms with Crippen LogP contribution in [0.3, 0.4) is 0 Å². The Kier molecular flexibility index (Phi) is 4.17. The summed E-state index contributed by atoms with van der Waals surface area (Å²) in [5, 5.41) is 17.5. The first-order valence-electron chi connectivity index (χ1n) is 6.08. The molecule has 0 N–H and O–H groups in total. The molecule has 2 aromatic carbocycles. The third-order valence-electron chi connectivity index (χ3n) is 2.67. The summed E-state index contributed by atoms with van der Waals surface area (Å²) in [7, 11) is 0. The van der Waals surface area contributed by atoms with E-state index in [0.717, 1.165) is 11.3 Å². The second kappa shape index (κ2) is 6.22. The maximum absolute atomic E-state index is 8.75. The molecule has 3 heteroatoms. The summed E-state index contributed by atoms with van der Waals surface area (Å²) in [6.07, 6.45) is 1.53. The lowest BCUT2D eigenvalue weighted by Crippen LogP contribution is -1.85. The van der Waals surface area contributed by atoms with Crippen LogP contribution in [0.5, 0.6) is 11.5 Å². The zero-order valence-corrected chi connectivity index (χ0v) is 11.0. The van der Waals surface area contributed by atoms with E-state index < -0.39 is 0 Å². The number of rotatable bonds is 3. The third kappa shape index (κ3) is 3.48. The molecule has 0 fully saturated rings. The molecule has 0 saturated carbocycles. The molecule has 0 heterocycles. The van der Waals surface area contributed by atoms with Crippen molar-refractivity contribution in [1.82, 2.24) is 0 Å². The van der Waals surface area contributed by atoms with Gasteiger partial charge in [0.05, 0.1) is 0 Å². The topological polar surface area (TPSA) is 56.8 Å². The summed E-state index contributed by atoms with van der Waals surface area (Å²) in [5.74, 6) is 1.41. The number of ether oxygens (including phenoxy) is 1. The van der Waals surface area contributed by atoms with Crippen LogP contribution in [0.4, 0.5) is 0 Å². The van der Waals surface area contributed by atoms with Gasteiger partial charge < -0.3 is 4.74 Å². The van der Waals surface area contributed by atoms with Crippen molar-refractivity contribution < 1.29 is 4.74 Å². The fraction of sp³-hybridized carbons (Fsp3) is 0.0588. The third-order valence-corrected chi connectivity index (χ3v) is 2.67. The van der Waals surface area contributed by atoms with Gasteiger partial charge in [-0.15, -0.1) is 0 Å². The van der Waals surface area contributed by atoms with E-state index in [1.807, 2.05) is 61.5 Å². The molecule has 0 spiro atoms. The minimum absolute atomic E-state index is 0.0671. The van der Waals surface area contributed by atoms with E-state index in [4.69, 9.17) is 15.3 Å². The maximum atomic E-state index is 8.75. The van der Waals surface area contributed by atoms with Crippen LogP contribution in [0.1, 0.15) is 11.1 Å². The number of benzene rings is 2. The van der Waals surface area contributed by atoms with Gasteiger partial charge in [-0.25, -0.2) is 0 Å². The molecule has 0 atom stereocenters. The minimum Gasteiger partial charge on any atom is -0.457 e. The quantitative estimate of drug-likeness (QED) is 0.776. The summed E-state index contributed by atoms with van der Waals surface area (Å²) < 4.78 is 5.73. The van der Waals surface area contributed by atoms with E-state index in [1.54, 1.807) is 6.07 Å². The second-order valence-electron chi connectivity index (χ2n) is 4.27. The number of aryl methyl sites for hydroxylation is 1. The Morgan fingerprint density at radius 2 is 1.70 bits per heavy atom. The van der Waals surface area contributed by atoms with E-state index in [2.05, 4.69) is 0 Å². The molecule has 0 amide bonds. The van der Waals surface area contributed by atoms with Crippen LogP contribution in [-0.2, 0) is 0 Å². The highest BCUT2D eigenvalue weighted by molar-refractivity contribution is 5.63. The lowest BCUT2D eigenvalue weighted by atomic mass is 10.1. The van der Waals surface area contributed by atoms with Crippen LogP contribution in [-0.4, -0.2) is 0 Å². The number of nitriles is 2. The van der Waals surface area contributed by atoms with Gasteiger partial charge in [-0.1, -0.05) is 29.8 Å². The molecule has 0 unspecified atom stereocenters. The van der Waals surface area contributed by atoms with Crippen LogP contribution in [0.2, 0.25) is 0 Å². The van der Waals surface area contributed by atoms with Gasteiger partial charge in [0.1, 0.15) is 29.2 Å². The highest BCUT2D eigenvalue weighted by Crippen LogP contribution is 2.23. The normalized spacial score (nSPS) is 9.15. The molecule has 20 heavy (non-hydrogen) atoms. The van der Waals surface area contributed by atoms with Crippen molar-refractivity contribution in [2.75, 3.05) is 0 Å². The standard InChI is InChI=1S/C17H12N2O/c1-13-5-7-16(8-6-13)20-17-4-2-3-14(10-17)9-15(11-18)12-19/h2-10H,1H3. The van der Waals surface area contributed by atoms with E-state index in [9.17, 15) is 0 Å². The number of nitrogens with zero attached hydrogens (tertiary/aromatic N) is 2. The van der Waals surface area contributed by atoms with Crippen molar-refractivity contribution in [3.05, 3.63) is 65.2 Å². The Bertz CT molecular complexity index is 700. The molecule has 0 aromatic heterocycles. The van der Waals surface area contributed by atoms with Crippen molar-refractivity contribution in [2.45, 2.75) is 6.92 Å². The molecular weight excluding hydrogens is 248 g/mol. The van der Waals surface area contributed by atoms with Crippen molar-refractivity contribution in [3.8, 4) is 23.6 Å². The van der Waals surface area contributed by atoms with Crippen LogP contribution < -0.4 is 4.74 Å². The lowest BCUT2D eigenvalue weighted by Gasteiger charge is -2.06. The summed E-state index contributed by atoms with van der Waals surface area (Å²) >= 11 is 0. The zero-order valence-electron chi connectivity index (χ0n) is 11.0. The van der Waals surface area contributed by atoms with Crippen LogP contribution in [0.25, 0.3) is 6.08 Å². The number of allylic oxidation sites excluding steroid dienone is 1. The van der Waals surface area contributed by atoms with E-state index in [1.165, 1.54) is 11.6 Å². The van der Waals surface area contributed by atoms with Crippen LogP contribution >= 0.6 is 0 Å². The summed E-state index contributed by atoms with van der Waals surface area (Å²) in [5.41, 5.74) is 1.99. The molecule has 0 aliphatic heterocycles. The number of hydrogen-bond acceptors (Lipinski definition) is 3. The van der Waals surface area contributed by atoms with Crippen molar-refractivity contribution in [1.29, 1.82) is 10.5 Å². The van der Waals surface area contributed by atoms with Gasteiger partial charge in [0, 0.05) is 0 Å². The molecule has 0 bridgehead atoms. The fourth-order valence-corrected chi connectivity index (χ4v) is 1.67. The van der Waals surface area contributed by atoms with Gasteiger partial charge in [-0.2, -0.15) is 10.5 Å². The summed E-state index contributed by atoms with van der Waals surface area (Å²) in [6, 6.07) is 18.7. The van der Waals surface area contributed by atoms with E-state index in [-0.39, 0.29) is 5.57 Å². The Morgan fingerprint density at radius 1 is 1.00 bits per heavy atom. The first-order chi connectivity index (χ1) is 9.71. The van der Waals surface area contributed by atoms with E-state index >= 15 is 0 Å². The highest BCUT2D eigenvalue weighted by atomic mass is 16.5. The average molecular weight is 260 g/mol. The molecule has 0 aliphatic carbocycles. The Balaban J connectivity index is 2.23. The smallest absolute Gasteiger partial charge is 0.130 e. The molecule has 3 nitrogen and oxygen atoms in total. The van der Waals surface area contributed by atoms with Crippen molar-refractivity contribution in [3.63, 3.8) is 0 Å². The SMILES string of the molecule is Cc1ccc(Oc2cccc(C=C(C#N)C#N)c2)cc1. The highest BCUT2D eigenvalue weighted by Gasteiger charge is 1.99. The molecular formula is C17H12N2O. The van der Waals surface area contributed by atoms with Crippen LogP contribution in [0.15, 0.2) is 54.1 Å². The Labute approximate surface area is 118 Å². The number of hydrogen-bond donors (Lipinski definition) is 0. The van der Waals surface area contributed by atoms with Gasteiger partial charge in [0.2, 0.25) is 0 Å². The van der Waals surface area contributed by atoms with Crippen LogP contribution in [0, 0.1) is 29.6 Å². The molecule has 2 rings (SSSR count). The Morgan fingerprint density at radius 3 is 2.35 bits per heavy atom. The first-order valence-corrected chi connectivity index (χ1v) is 6.08. The summed E-state index contributed by atoms with van der Waals surface area (Å²) in [6.45, 7) is 2.01. The van der Waals surface area contributed by atoms with Gasteiger partial charge >= 0.3 is 0 Å². The van der Waals surface area contributed by atoms with Crippen molar-refractivity contribution >= 4 is 6.08 Å². The van der Waals surface area contributed by atoms with Gasteiger partial charge in [0.15, 0.2) is 0 Å². The summed E-state index contributed by atoms with van der Waals surface area (Å²) in [4.78, 5) is 0. The zero-order chi connectivity index (χ0) is 14.4. The molecule has 0 saturated heterocycles. The predicted molar refractivity (Wildman–Crippen MR) is 76.9 cm³/mol. The van der Waals surface area contributed by atoms with Gasteiger partial charge in [-0.05, 0) is 42.8 Å². The van der Waals surface area contributed by atoms with Gasteiger partial charge in [0.25, 0.3) is 0 Å². The minimum atomic E-state index is 0.0671. The molecule has 0 radical (unpaired) electrons. The maximum Gasteiger partial charge on any atom is 0.130 e. The monoisotopic (exact) mass is 260 g/mol. The van der Waals surface area contributed by atoms with Crippen molar-refractivity contribution in [2.24, 2.45) is 0 Å². The molecule has 0 aliphatic rings.